The average molecular weight is 293 g/mol. The predicted octanol–water partition coefficient (Wildman–Crippen LogP) is -0.472. The van der Waals surface area contributed by atoms with E-state index in [1.165, 1.54) is 24.4 Å². The van der Waals surface area contributed by atoms with E-state index < -0.39 is 6.23 Å². The van der Waals surface area contributed by atoms with E-state index in [1.807, 2.05) is 0 Å². The summed E-state index contributed by atoms with van der Waals surface area (Å²) in [7, 11) is 0. The maximum Gasteiger partial charge on any atom is 0.240 e. The molecule has 2 amide bonds. The monoisotopic (exact) mass is 293 g/mol. The molecule has 6 heteroatoms. The molecule has 1 saturated carbocycles. The standard InChI is InChI=1S/C15H23N3O3/c19-12(8-18-13(20)1-2-14(18)21)16-15-4-10-3-11(5-15)7-17(6-10)9-15/h10-11,13,20H,1-9H2,(H,16,19). The Morgan fingerprint density at radius 1 is 1.33 bits per heavy atom. The third-order valence-electron chi connectivity index (χ3n) is 5.60. The number of nitrogens with one attached hydrogen (secondary N) is 1. The lowest BCUT2D eigenvalue weighted by Crippen LogP contribution is -2.69. The van der Waals surface area contributed by atoms with Crippen LogP contribution in [-0.4, -0.2) is 64.7 Å². The van der Waals surface area contributed by atoms with Gasteiger partial charge in [0.1, 0.15) is 12.8 Å². The molecule has 4 bridgehead atoms. The molecule has 1 aliphatic carbocycles. The zero-order valence-corrected chi connectivity index (χ0v) is 12.3. The van der Waals surface area contributed by atoms with Crippen molar-refractivity contribution in [3.8, 4) is 0 Å². The molecule has 3 unspecified atom stereocenters. The van der Waals surface area contributed by atoms with Gasteiger partial charge in [-0.1, -0.05) is 0 Å². The van der Waals surface area contributed by atoms with Gasteiger partial charge in [0.15, 0.2) is 0 Å². The molecule has 0 aromatic carbocycles. The van der Waals surface area contributed by atoms with Crippen LogP contribution in [-0.2, 0) is 9.59 Å². The molecule has 4 aliphatic heterocycles. The van der Waals surface area contributed by atoms with Crippen LogP contribution in [0.5, 0.6) is 0 Å². The number of aliphatic hydroxyl groups excluding tert-OH is 1. The van der Waals surface area contributed by atoms with E-state index in [0.29, 0.717) is 24.7 Å². The lowest BCUT2D eigenvalue weighted by Gasteiger charge is -2.58. The molecule has 0 radical (unpaired) electrons. The number of carbonyl (C=O) groups excluding carboxylic acids is 2. The van der Waals surface area contributed by atoms with Crippen molar-refractivity contribution in [1.82, 2.24) is 15.1 Å². The van der Waals surface area contributed by atoms with Gasteiger partial charge in [-0.2, -0.15) is 0 Å². The average Bonchev–Trinajstić information content (AvgIpc) is 2.68. The first kappa shape index (κ1) is 13.5. The van der Waals surface area contributed by atoms with Crippen LogP contribution in [0.3, 0.4) is 0 Å². The smallest absolute Gasteiger partial charge is 0.240 e. The van der Waals surface area contributed by atoms with Crippen LogP contribution >= 0.6 is 0 Å². The molecule has 5 rings (SSSR count). The van der Waals surface area contributed by atoms with Gasteiger partial charge in [0, 0.05) is 32.5 Å². The number of amides is 2. The summed E-state index contributed by atoms with van der Waals surface area (Å²) in [5.74, 6) is 1.19. The highest BCUT2D eigenvalue weighted by Crippen LogP contribution is 2.45. The van der Waals surface area contributed by atoms with Crippen LogP contribution < -0.4 is 5.32 Å². The van der Waals surface area contributed by atoms with Gasteiger partial charge in [0.2, 0.25) is 11.8 Å². The molecule has 2 N–H and O–H groups in total. The molecule has 0 aromatic heterocycles. The molecule has 0 spiro atoms. The third kappa shape index (κ3) is 2.34. The maximum atomic E-state index is 12.3. The maximum absolute atomic E-state index is 12.3. The minimum absolute atomic E-state index is 0.00289. The van der Waals surface area contributed by atoms with Gasteiger partial charge in [-0.15, -0.1) is 0 Å². The Morgan fingerprint density at radius 2 is 2.05 bits per heavy atom. The number of aliphatic hydroxyl groups is 1. The number of hydrogen-bond donors (Lipinski definition) is 2. The molecule has 5 aliphatic rings. The van der Waals surface area contributed by atoms with Gasteiger partial charge in [0.25, 0.3) is 0 Å². The van der Waals surface area contributed by atoms with Crippen LogP contribution in [0.15, 0.2) is 0 Å². The fraction of sp³-hybridized carbons (Fsp3) is 0.867. The largest absolute Gasteiger partial charge is 0.373 e. The molecule has 5 fully saturated rings. The van der Waals surface area contributed by atoms with E-state index in [1.54, 1.807) is 0 Å². The number of nitrogens with zero attached hydrogens (tertiary/aromatic N) is 2. The van der Waals surface area contributed by atoms with E-state index in [0.717, 1.165) is 19.4 Å². The van der Waals surface area contributed by atoms with Gasteiger partial charge in [-0.3, -0.25) is 9.59 Å². The summed E-state index contributed by atoms with van der Waals surface area (Å²) >= 11 is 0. The fourth-order valence-corrected chi connectivity index (χ4v) is 5.14. The van der Waals surface area contributed by atoms with Gasteiger partial charge >= 0.3 is 0 Å². The topological polar surface area (TPSA) is 72.9 Å². The minimum Gasteiger partial charge on any atom is -0.373 e. The summed E-state index contributed by atoms with van der Waals surface area (Å²) in [6, 6.07) is 0. The number of hydrogen-bond acceptors (Lipinski definition) is 4. The van der Waals surface area contributed by atoms with E-state index in [2.05, 4.69) is 10.2 Å². The molecule has 6 nitrogen and oxygen atoms in total. The SMILES string of the molecule is O=C(CN1C(=O)CCC1O)NC12CC3CC(CN(C3)C1)C2. The van der Waals surface area contributed by atoms with E-state index in [9.17, 15) is 14.7 Å². The molecule has 4 saturated heterocycles. The van der Waals surface area contributed by atoms with E-state index in [4.69, 9.17) is 0 Å². The van der Waals surface area contributed by atoms with Crippen LogP contribution in [0.4, 0.5) is 0 Å². The van der Waals surface area contributed by atoms with Crippen molar-refractivity contribution >= 4 is 11.8 Å². The number of rotatable bonds is 3. The normalized spacial score (nSPS) is 44.4. The summed E-state index contributed by atoms with van der Waals surface area (Å²) < 4.78 is 0. The molecule has 4 heterocycles. The minimum atomic E-state index is -0.789. The Bertz CT molecular complexity index is 444. The number of likely N-dealkylation sites (tertiary alicyclic amines) is 1. The molecule has 116 valence electrons. The van der Waals surface area contributed by atoms with Crippen molar-refractivity contribution in [3.63, 3.8) is 0 Å². The zero-order chi connectivity index (χ0) is 14.6. The third-order valence-corrected chi connectivity index (χ3v) is 5.60. The molecule has 21 heavy (non-hydrogen) atoms. The molecule has 3 atom stereocenters. The first-order chi connectivity index (χ1) is 10.0. The Balaban J connectivity index is 1.41. The van der Waals surface area contributed by atoms with Crippen molar-refractivity contribution in [2.45, 2.75) is 43.9 Å². The molecular formula is C15H23N3O3. The van der Waals surface area contributed by atoms with Crippen molar-refractivity contribution in [2.24, 2.45) is 11.8 Å². The highest BCUT2D eigenvalue weighted by molar-refractivity contribution is 5.86. The Morgan fingerprint density at radius 3 is 2.62 bits per heavy atom. The lowest BCUT2D eigenvalue weighted by atomic mass is 9.64. The van der Waals surface area contributed by atoms with Gasteiger partial charge in [0.05, 0.1) is 5.54 Å². The number of piperidine rings is 3. The summed E-state index contributed by atoms with van der Waals surface area (Å²) in [5.41, 5.74) is -0.0884. The predicted molar refractivity (Wildman–Crippen MR) is 75.1 cm³/mol. The number of carbonyl (C=O) groups is 2. The summed E-state index contributed by atoms with van der Waals surface area (Å²) in [6.45, 7) is 3.30. The second-order valence-electron chi connectivity index (χ2n) is 7.44. The zero-order valence-electron chi connectivity index (χ0n) is 12.3. The first-order valence-electron chi connectivity index (χ1n) is 8.04. The van der Waals surface area contributed by atoms with Crippen LogP contribution in [0.25, 0.3) is 0 Å². The van der Waals surface area contributed by atoms with Crippen LogP contribution in [0.1, 0.15) is 32.1 Å². The second kappa shape index (κ2) is 4.68. The van der Waals surface area contributed by atoms with E-state index >= 15 is 0 Å². The molecular weight excluding hydrogens is 270 g/mol. The second-order valence-corrected chi connectivity index (χ2v) is 7.44. The van der Waals surface area contributed by atoms with Gasteiger partial charge in [-0.05, 0) is 31.1 Å². The van der Waals surface area contributed by atoms with Crippen molar-refractivity contribution in [2.75, 3.05) is 26.2 Å². The summed E-state index contributed by atoms with van der Waals surface area (Å²) in [4.78, 5) is 27.8. The van der Waals surface area contributed by atoms with Gasteiger partial charge in [-0.25, -0.2) is 0 Å². The lowest BCUT2D eigenvalue weighted by molar-refractivity contribution is -0.141. The highest BCUT2D eigenvalue weighted by Gasteiger charge is 2.51. The highest BCUT2D eigenvalue weighted by atomic mass is 16.3. The first-order valence-corrected chi connectivity index (χ1v) is 8.04. The quantitative estimate of drug-likeness (QED) is 0.738. The van der Waals surface area contributed by atoms with E-state index in [-0.39, 0.29) is 23.9 Å². The van der Waals surface area contributed by atoms with Crippen molar-refractivity contribution in [3.05, 3.63) is 0 Å². The van der Waals surface area contributed by atoms with Crippen molar-refractivity contribution in [1.29, 1.82) is 0 Å². The van der Waals surface area contributed by atoms with Crippen LogP contribution in [0.2, 0.25) is 0 Å². The van der Waals surface area contributed by atoms with Gasteiger partial charge < -0.3 is 20.2 Å². The Labute approximate surface area is 124 Å². The fourth-order valence-electron chi connectivity index (χ4n) is 5.14. The van der Waals surface area contributed by atoms with Crippen molar-refractivity contribution < 1.29 is 14.7 Å². The summed E-state index contributed by atoms with van der Waals surface area (Å²) in [5, 5.41) is 13.0. The van der Waals surface area contributed by atoms with Crippen LogP contribution in [0, 0.1) is 11.8 Å². The Hall–Kier alpha value is -1.14. The Kier molecular flexibility index (Phi) is 3.01. The molecule has 0 aromatic rings. The summed E-state index contributed by atoms with van der Waals surface area (Å²) in [6.07, 6.45) is 3.44.